The van der Waals surface area contributed by atoms with Crippen molar-refractivity contribution in [1.82, 2.24) is 24.8 Å². The van der Waals surface area contributed by atoms with Crippen molar-refractivity contribution in [3.63, 3.8) is 0 Å². The van der Waals surface area contributed by atoms with Gasteiger partial charge in [0.1, 0.15) is 12.4 Å². The second-order valence-electron chi connectivity index (χ2n) is 9.02. The van der Waals surface area contributed by atoms with Gasteiger partial charge in [0, 0.05) is 28.7 Å². The minimum atomic E-state index is -1.42. The molecule has 0 aliphatic carbocycles. The molecule has 3 amide bonds. The molecule has 0 bridgehead atoms. The van der Waals surface area contributed by atoms with Gasteiger partial charge in [-0.15, -0.1) is 5.92 Å². The van der Waals surface area contributed by atoms with E-state index in [1.807, 2.05) is 54.7 Å². The fourth-order valence-corrected chi connectivity index (χ4v) is 4.87. The smallest absolute Gasteiger partial charge is 0.322 e. The summed E-state index contributed by atoms with van der Waals surface area (Å²) in [6.07, 6.45) is 5.41. The first kappa shape index (κ1) is 23.2. The van der Waals surface area contributed by atoms with Crippen LogP contribution in [0.5, 0.6) is 11.6 Å². The van der Waals surface area contributed by atoms with Crippen LogP contribution >= 0.6 is 0 Å². The van der Waals surface area contributed by atoms with E-state index in [2.05, 4.69) is 27.6 Å². The van der Waals surface area contributed by atoms with Crippen molar-refractivity contribution in [2.24, 2.45) is 0 Å². The van der Waals surface area contributed by atoms with E-state index in [1.165, 1.54) is 0 Å². The van der Waals surface area contributed by atoms with E-state index in [0.29, 0.717) is 16.7 Å². The van der Waals surface area contributed by atoms with Gasteiger partial charge in [-0.25, -0.2) is 9.31 Å². The molecule has 9 heteroatoms. The van der Waals surface area contributed by atoms with E-state index in [4.69, 9.17) is 4.74 Å². The van der Waals surface area contributed by atoms with Crippen LogP contribution in [0, 0.1) is 11.8 Å². The number of rotatable bonds is 6. The van der Waals surface area contributed by atoms with Crippen LogP contribution in [0.25, 0.3) is 27.4 Å². The predicted molar refractivity (Wildman–Crippen MR) is 142 cm³/mol. The van der Waals surface area contributed by atoms with Gasteiger partial charge in [0.05, 0.1) is 18.3 Å². The van der Waals surface area contributed by atoms with Gasteiger partial charge in [-0.3, -0.25) is 10.1 Å². The van der Waals surface area contributed by atoms with E-state index in [9.17, 15) is 14.7 Å². The van der Waals surface area contributed by atoms with Gasteiger partial charge < -0.3 is 19.7 Å². The van der Waals surface area contributed by atoms with Gasteiger partial charge in [-0.2, -0.15) is 5.10 Å². The number of fused-ring (bicyclic) bond motifs is 2. The monoisotopic (exact) mass is 505 g/mol. The number of carbonyl (C=O) groups is 2. The fraction of sp³-hybridized carbons (Fsp3) is 0.138. The zero-order valence-electron chi connectivity index (χ0n) is 20.4. The van der Waals surface area contributed by atoms with Crippen LogP contribution in [0.2, 0.25) is 0 Å². The Bertz CT molecular complexity index is 1770. The highest BCUT2D eigenvalue weighted by Crippen LogP contribution is 2.36. The third kappa shape index (κ3) is 3.79. The molecule has 1 fully saturated rings. The van der Waals surface area contributed by atoms with Gasteiger partial charge in [0.2, 0.25) is 0 Å². The highest BCUT2D eigenvalue weighted by atomic mass is 16.5. The molecule has 0 unspecified atom stereocenters. The van der Waals surface area contributed by atoms with E-state index >= 15 is 0 Å². The summed E-state index contributed by atoms with van der Waals surface area (Å²) >= 11 is 0. The Morgan fingerprint density at radius 2 is 1.95 bits per heavy atom. The average Bonchev–Trinajstić information content (AvgIpc) is 3.58. The number of benzene rings is 2. The van der Waals surface area contributed by atoms with Crippen LogP contribution in [-0.4, -0.2) is 37.8 Å². The second-order valence-corrected chi connectivity index (χ2v) is 9.02. The summed E-state index contributed by atoms with van der Waals surface area (Å²) in [6, 6.07) is 18.0. The predicted octanol–water partition coefficient (Wildman–Crippen LogP) is 3.80. The lowest BCUT2D eigenvalue weighted by atomic mass is 9.88. The molecule has 6 rings (SSSR count). The van der Waals surface area contributed by atoms with Gasteiger partial charge in [-0.1, -0.05) is 36.3 Å². The van der Waals surface area contributed by atoms with Crippen molar-refractivity contribution < 1.29 is 19.4 Å². The number of amides is 3. The molecule has 5 aromatic rings. The first-order valence-corrected chi connectivity index (χ1v) is 12.0. The molecule has 0 spiro atoms. The number of carbonyl (C=O) groups excluding carboxylic acids is 2. The highest BCUT2D eigenvalue weighted by Gasteiger charge is 2.48. The molecule has 2 aromatic carbocycles. The van der Waals surface area contributed by atoms with Crippen molar-refractivity contribution in [3.8, 4) is 34.6 Å². The fourth-order valence-electron chi connectivity index (χ4n) is 4.87. The van der Waals surface area contributed by atoms with Crippen LogP contribution < -0.4 is 15.4 Å². The lowest BCUT2D eigenvalue weighted by Gasteiger charge is -2.27. The molecule has 0 saturated carbocycles. The van der Waals surface area contributed by atoms with Gasteiger partial charge in [0.15, 0.2) is 11.4 Å². The zero-order chi connectivity index (χ0) is 26.3. The van der Waals surface area contributed by atoms with Crippen LogP contribution in [0.1, 0.15) is 12.5 Å². The SMILES string of the molecule is CC#CCOc1ccc2cn(C[C@@]3(c4ccc(-c5cnn6ccccc56)cc4)NC(=O)NC3=O)c(O)c2c1. The Morgan fingerprint density at radius 1 is 1.11 bits per heavy atom. The first-order valence-electron chi connectivity index (χ1n) is 12.0. The maximum atomic E-state index is 13.2. The second kappa shape index (κ2) is 9.01. The van der Waals surface area contributed by atoms with Crippen LogP contribution in [0.4, 0.5) is 4.79 Å². The molecule has 1 aliphatic rings. The third-order valence-corrected chi connectivity index (χ3v) is 6.78. The maximum Gasteiger partial charge on any atom is 0.322 e. The molecule has 188 valence electrons. The number of nitrogens with one attached hydrogen (secondary N) is 2. The molecule has 1 aliphatic heterocycles. The van der Waals surface area contributed by atoms with E-state index in [0.717, 1.165) is 22.0 Å². The summed E-state index contributed by atoms with van der Waals surface area (Å²) < 4.78 is 8.97. The molecule has 0 radical (unpaired) electrons. The summed E-state index contributed by atoms with van der Waals surface area (Å²) in [7, 11) is 0. The highest BCUT2D eigenvalue weighted by molar-refractivity contribution is 6.07. The van der Waals surface area contributed by atoms with Crippen molar-refractivity contribution in [1.29, 1.82) is 0 Å². The molecule has 3 N–H and O–H groups in total. The molecule has 9 nitrogen and oxygen atoms in total. The molecule has 1 saturated heterocycles. The number of ether oxygens (including phenoxy) is 1. The molecule has 1 atom stereocenters. The molecule has 4 heterocycles. The Kier molecular flexibility index (Phi) is 5.50. The van der Waals surface area contributed by atoms with Crippen LogP contribution in [0.15, 0.2) is 79.3 Å². The molecular formula is C29H23N5O4. The Hall–Kier alpha value is -5.23. The van der Waals surface area contributed by atoms with Gasteiger partial charge in [-0.05, 0) is 48.4 Å². The first-order chi connectivity index (χ1) is 18.5. The normalized spacial score (nSPS) is 16.8. The lowest BCUT2D eigenvalue weighted by molar-refractivity contribution is -0.124. The standard InChI is InChI=1S/C29H23N5O4/c1-2-3-14-38-22-12-9-20-17-33(26(35)23(20)15-22)18-29(27(36)31-28(37)32-29)21-10-7-19(8-11-21)24-16-30-34-13-5-4-6-25(24)34/h4-13,15-17,35H,14,18H2,1H3,(H2,31,32,36,37)/t29-/m0/s1. The van der Waals surface area contributed by atoms with E-state index in [1.54, 1.807) is 40.5 Å². The minimum absolute atomic E-state index is 0.0152. The van der Waals surface area contributed by atoms with Gasteiger partial charge >= 0.3 is 6.03 Å². The van der Waals surface area contributed by atoms with Crippen LogP contribution in [-0.2, 0) is 16.9 Å². The largest absolute Gasteiger partial charge is 0.494 e. The summed E-state index contributed by atoms with van der Waals surface area (Å²) in [5.74, 6) is 5.64. The van der Waals surface area contributed by atoms with E-state index in [-0.39, 0.29) is 19.0 Å². The number of urea groups is 1. The Morgan fingerprint density at radius 3 is 2.71 bits per heavy atom. The third-order valence-electron chi connectivity index (χ3n) is 6.78. The number of nitrogens with zero attached hydrogens (tertiary/aromatic N) is 3. The minimum Gasteiger partial charge on any atom is -0.494 e. The maximum absolute atomic E-state index is 13.2. The van der Waals surface area contributed by atoms with Crippen molar-refractivity contribution in [2.45, 2.75) is 19.0 Å². The number of aromatic nitrogens is 3. The van der Waals surface area contributed by atoms with Crippen LogP contribution in [0.3, 0.4) is 0 Å². The van der Waals surface area contributed by atoms with Crippen molar-refractivity contribution >= 4 is 28.2 Å². The van der Waals surface area contributed by atoms with E-state index < -0.39 is 17.5 Å². The average molecular weight is 506 g/mol. The number of hydrogen-bond donors (Lipinski definition) is 3. The number of hydrogen-bond acceptors (Lipinski definition) is 5. The molecule has 38 heavy (non-hydrogen) atoms. The van der Waals surface area contributed by atoms with Gasteiger partial charge in [0.25, 0.3) is 5.91 Å². The van der Waals surface area contributed by atoms with Crippen molar-refractivity contribution in [3.05, 3.63) is 84.8 Å². The lowest BCUT2D eigenvalue weighted by Crippen LogP contribution is -2.47. The summed E-state index contributed by atoms with van der Waals surface area (Å²) in [6.45, 7) is 1.96. The number of imide groups is 1. The Balaban J connectivity index is 1.36. The molecule has 3 aromatic heterocycles. The Labute approximate surface area is 217 Å². The summed E-state index contributed by atoms with van der Waals surface area (Å²) in [5, 5.41) is 21.9. The summed E-state index contributed by atoms with van der Waals surface area (Å²) in [5.41, 5.74) is 1.99. The quantitative estimate of drug-likeness (QED) is 0.240. The molecular weight excluding hydrogens is 482 g/mol. The topological polar surface area (TPSA) is 110 Å². The summed E-state index contributed by atoms with van der Waals surface area (Å²) in [4.78, 5) is 25.5. The van der Waals surface area contributed by atoms with Crippen molar-refractivity contribution in [2.75, 3.05) is 6.61 Å². The zero-order valence-corrected chi connectivity index (χ0v) is 20.4. The number of pyridine rings is 1. The number of aromatic hydroxyl groups is 1.